The number of carbonyl (C=O) groups is 2. The van der Waals surface area contributed by atoms with Crippen molar-refractivity contribution in [2.75, 3.05) is 39.8 Å². The van der Waals surface area contributed by atoms with Crippen LogP contribution in [0.1, 0.15) is 50.6 Å². The van der Waals surface area contributed by atoms with Crippen molar-refractivity contribution in [3.63, 3.8) is 0 Å². The smallest absolute Gasteiger partial charge is 0.225 e. The number of methoxy groups -OCH3 is 1. The van der Waals surface area contributed by atoms with E-state index in [2.05, 4.69) is 10.2 Å². The molecule has 6 nitrogen and oxygen atoms in total. The van der Waals surface area contributed by atoms with Gasteiger partial charge in [-0.1, -0.05) is 24.6 Å². The second-order valence-corrected chi connectivity index (χ2v) is 7.71. The molecule has 2 aliphatic rings. The second kappa shape index (κ2) is 9.92. The number of hydrogen-bond donors (Lipinski definition) is 1. The van der Waals surface area contributed by atoms with Gasteiger partial charge in [-0.15, -0.1) is 0 Å². The minimum atomic E-state index is -0.280. The van der Waals surface area contributed by atoms with E-state index in [9.17, 15) is 9.59 Å². The minimum absolute atomic E-state index is 0.0406. The average Bonchev–Trinajstić information content (AvgIpc) is 2.74. The quantitative estimate of drug-likeness (QED) is 0.781. The third kappa shape index (κ3) is 4.66. The average molecular weight is 388 g/mol. The Morgan fingerprint density at radius 3 is 2.68 bits per heavy atom. The molecule has 0 aliphatic carbocycles. The number of ether oxygens (including phenoxy) is 1. The molecule has 3 rings (SSSR count). The Bertz CT molecular complexity index is 673. The highest BCUT2D eigenvalue weighted by Gasteiger charge is 2.41. The molecule has 1 aromatic carbocycles. The van der Waals surface area contributed by atoms with Crippen LogP contribution in [0.25, 0.3) is 0 Å². The summed E-state index contributed by atoms with van der Waals surface area (Å²) in [5.41, 5.74) is 0.913. The van der Waals surface area contributed by atoms with E-state index in [-0.39, 0.29) is 23.8 Å². The van der Waals surface area contributed by atoms with E-state index in [1.807, 2.05) is 36.1 Å². The fourth-order valence-corrected chi connectivity index (χ4v) is 4.55. The lowest BCUT2D eigenvalue weighted by Crippen LogP contribution is -2.49. The maximum atomic E-state index is 13.1. The van der Waals surface area contributed by atoms with Crippen LogP contribution >= 0.6 is 0 Å². The van der Waals surface area contributed by atoms with Gasteiger partial charge in [0.1, 0.15) is 5.75 Å². The molecule has 6 heteroatoms. The molecule has 0 spiro atoms. The monoisotopic (exact) mass is 387 g/mol. The maximum absolute atomic E-state index is 13.1. The van der Waals surface area contributed by atoms with Crippen molar-refractivity contribution in [2.45, 2.75) is 45.1 Å². The highest BCUT2D eigenvalue weighted by molar-refractivity contribution is 5.85. The van der Waals surface area contributed by atoms with Crippen molar-refractivity contribution in [3.05, 3.63) is 29.8 Å². The van der Waals surface area contributed by atoms with Gasteiger partial charge in [0.05, 0.1) is 19.1 Å². The van der Waals surface area contributed by atoms with Crippen molar-refractivity contribution >= 4 is 11.8 Å². The molecule has 0 bridgehead atoms. The molecule has 0 saturated carbocycles. The molecule has 0 radical (unpaired) electrons. The van der Waals surface area contributed by atoms with Gasteiger partial charge in [-0.05, 0) is 45.3 Å². The second-order valence-electron chi connectivity index (χ2n) is 7.71. The molecule has 2 aliphatic heterocycles. The summed E-state index contributed by atoms with van der Waals surface area (Å²) in [5, 5.41) is 3.14. The molecule has 154 valence electrons. The zero-order valence-electron chi connectivity index (χ0n) is 17.2. The molecule has 2 fully saturated rings. The number of rotatable bonds is 7. The van der Waals surface area contributed by atoms with Crippen LogP contribution in [0.5, 0.6) is 5.75 Å². The Kier molecular flexibility index (Phi) is 7.31. The Balaban J connectivity index is 1.72. The number of benzene rings is 1. The lowest BCUT2D eigenvalue weighted by molar-refractivity contribution is -0.143. The summed E-state index contributed by atoms with van der Waals surface area (Å²) >= 11 is 0. The van der Waals surface area contributed by atoms with E-state index in [0.717, 1.165) is 30.9 Å². The highest BCUT2D eigenvalue weighted by Crippen LogP contribution is 2.40. The summed E-state index contributed by atoms with van der Waals surface area (Å²) in [6, 6.07) is 7.44. The summed E-state index contributed by atoms with van der Waals surface area (Å²) in [7, 11) is 1.63. The first-order valence-corrected chi connectivity index (χ1v) is 10.6. The molecule has 2 amide bonds. The molecule has 2 heterocycles. The number of amides is 2. The number of nitrogens with one attached hydrogen (secondary N) is 1. The third-order valence-corrected chi connectivity index (χ3v) is 6.02. The number of likely N-dealkylation sites (tertiary alicyclic amines) is 2. The standard InChI is InChI=1S/C22H33N3O3/c1-3-25-20(26)12-11-18(21(25)17-9-5-6-10-19(17)28-2)22(27)23-13-16-24-14-7-4-8-15-24/h5-6,9-10,18,21H,3-4,7-8,11-16H2,1-2H3,(H,23,27)/t18-,21+/m1/s1. The molecule has 2 atom stereocenters. The largest absolute Gasteiger partial charge is 0.496 e. The van der Waals surface area contributed by atoms with Gasteiger partial charge >= 0.3 is 0 Å². The molecule has 1 N–H and O–H groups in total. The SMILES string of the molecule is CCN1C(=O)CC[C@@H](C(=O)NCCN2CCCCC2)[C@@H]1c1ccccc1OC. The summed E-state index contributed by atoms with van der Waals surface area (Å²) in [4.78, 5) is 29.9. The van der Waals surface area contributed by atoms with E-state index in [4.69, 9.17) is 4.74 Å². The third-order valence-electron chi connectivity index (χ3n) is 6.02. The predicted octanol–water partition coefficient (Wildman–Crippen LogP) is 2.60. The minimum Gasteiger partial charge on any atom is -0.496 e. The predicted molar refractivity (Wildman–Crippen MR) is 109 cm³/mol. The Morgan fingerprint density at radius 1 is 1.21 bits per heavy atom. The van der Waals surface area contributed by atoms with Crippen LogP contribution in [0, 0.1) is 5.92 Å². The Hall–Kier alpha value is -2.08. The molecular formula is C22H33N3O3. The van der Waals surface area contributed by atoms with E-state index in [1.165, 1.54) is 19.3 Å². The van der Waals surface area contributed by atoms with Crippen LogP contribution in [0.15, 0.2) is 24.3 Å². The van der Waals surface area contributed by atoms with E-state index < -0.39 is 0 Å². The number of nitrogens with zero attached hydrogens (tertiary/aromatic N) is 2. The van der Waals surface area contributed by atoms with Crippen molar-refractivity contribution in [1.29, 1.82) is 0 Å². The highest BCUT2D eigenvalue weighted by atomic mass is 16.5. The number of hydrogen-bond acceptors (Lipinski definition) is 4. The van der Waals surface area contributed by atoms with Gasteiger partial charge in [0.2, 0.25) is 11.8 Å². The number of carbonyl (C=O) groups excluding carboxylic acids is 2. The molecular weight excluding hydrogens is 354 g/mol. The first-order chi connectivity index (χ1) is 13.7. The van der Waals surface area contributed by atoms with Crippen molar-refractivity contribution in [2.24, 2.45) is 5.92 Å². The van der Waals surface area contributed by atoms with E-state index >= 15 is 0 Å². The topological polar surface area (TPSA) is 61.9 Å². The summed E-state index contributed by atoms with van der Waals surface area (Å²) in [6.45, 7) is 6.36. The number of para-hydroxylation sites is 1. The van der Waals surface area contributed by atoms with Crippen molar-refractivity contribution in [3.8, 4) is 5.75 Å². The molecule has 28 heavy (non-hydrogen) atoms. The first-order valence-electron chi connectivity index (χ1n) is 10.6. The van der Waals surface area contributed by atoms with Crippen molar-refractivity contribution < 1.29 is 14.3 Å². The lowest BCUT2D eigenvalue weighted by Gasteiger charge is -2.40. The van der Waals surface area contributed by atoms with Gasteiger partial charge in [0.25, 0.3) is 0 Å². The van der Waals surface area contributed by atoms with Gasteiger partial charge in [-0.2, -0.15) is 0 Å². The van der Waals surface area contributed by atoms with E-state index in [1.54, 1.807) is 7.11 Å². The van der Waals surface area contributed by atoms with Gasteiger partial charge < -0.3 is 19.9 Å². The van der Waals surface area contributed by atoms with Gasteiger partial charge in [0.15, 0.2) is 0 Å². The molecule has 0 aromatic heterocycles. The summed E-state index contributed by atoms with van der Waals surface area (Å²) in [6.07, 6.45) is 4.81. The van der Waals surface area contributed by atoms with Crippen LogP contribution in [-0.2, 0) is 9.59 Å². The Labute approximate surface area is 168 Å². The van der Waals surface area contributed by atoms with Crippen LogP contribution in [0.3, 0.4) is 0 Å². The van der Waals surface area contributed by atoms with Crippen LogP contribution in [-0.4, -0.2) is 61.4 Å². The fraction of sp³-hybridized carbons (Fsp3) is 0.636. The van der Waals surface area contributed by atoms with Crippen molar-refractivity contribution in [1.82, 2.24) is 15.1 Å². The van der Waals surface area contributed by atoms with Gasteiger partial charge in [-0.25, -0.2) is 0 Å². The maximum Gasteiger partial charge on any atom is 0.225 e. The Morgan fingerprint density at radius 2 is 1.96 bits per heavy atom. The lowest BCUT2D eigenvalue weighted by atomic mass is 9.83. The molecule has 1 aromatic rings. The normalized spacial score (nSPS) is 23.5. The number of piperidine rings is 2. The zero-order valence-corrected chi connectivity index (χ0v) is 17.2. The fourth-order valence-electron chi connectivity index (χ4n) is 4.55. The first kappa shape index (κ1) is 20.6. The van der Waals surface area contributed by atoms with Gasteiger partial charge in [-0.3, -0.25) is 9.59 Å². The van der Waals surface area contributed by atoms with E-state index in [0.29, 0.717) is 25.9 Å². The van der Waals surface area contributed by atoms with Crippen LogP contribution in [0.4, 0.5) is 0 Å². The molecule has 0 unspecified atom stereocenters. The summed E-state index contributed by atoms with van der Waals surface area (Å²) < 4.78 is 5.54. The zero-order chi connectivity index (χ0) is 19.9. The van der Waals surface area contributed by atoms with Gasteiger partial charge in [0, 0.05) is 31.6 Å². The van der Waals surface area contributed by atoms with Crippen LogP contribution < -0.4 is 10.1 Å². The summed E-state index contributed by atoms with van der Waals surface area (Å²) in [5.74, 6) is 0.622. The molecule has 2 saturated heterocycles. The van der Waals surface area contributed by atoms with Crippen LogP contribution in [0.2, 0.25) is 0 Å².